The van der Waals surface area contributed by atoms with Gasteiger partial charge in [0, 0.05) is 57.7 Å². The van der Waals surface area contributed by atoms with Gasteiger partial charge in [-0.15, -0.1) is 11.3 Å². The molecule has 1 aliphatic rings. The Kier molecular flexibility index (Phi) is 5.54. The molecule has 0 spiro atoms. The summed E-state index contributed by atoms with van der Waals surface area (Å²) in [6.07, 6.45) is 9.49. The van der Waals surface area contributed by atoms with Crippen LogP contribution in [-0.2, 0) is 0 Å². The number of aromatic nitrogens is 2. The first-order valence-corrected chi connectivity index (χ1v) is 10.4. The molecule has 3 N–H and O–H groups in total. The first-order chi connectivity index (χ1) is 14.5. The molecule has 0 amide bonds. The number of hydrogen-bond donors (Lipinski definition) is 2. The molecular formula is C23H20N4O2S. The van der Waals surface area contributed by atoms with Gasteiger partial charge in [0.15, 0.2) is 10.8 Å². The van der Waals surface area contributed by atoms with Crippen LogP contribution in [0.2, 0.25) is 0 Å². The zero-order valence-electron chi connectivity index (χ0n) is 16.3. The SMILES string of the molecule is CC1CC=CC(Nc2ccc(N)c(C(=O)c3ccncc3)c2)=C1C(=O)c1nccs1. The second-order valence-electron chi connectivity index (χ2n) is 7.02. The molecule has 30 heavy (non-hydrogen) atoms. The number of nitrogens with zero attached hydrogens (tertiary/aromatic N) is 2. The summed E-state index contributed by atoms with van der Waals surface area (Å²) in [7, 11) is 0. The van der Waals surface area contributed by atoms with Gasteiger partial charge in [0.05, 0.1) is 0 Å². The van der Waals surface area contributed by atoms with Crippen LogP contribution in [0.4, 0.5) is 11.4 Å². The second kappa shape index (κ2) is 8.42. The number of thiazole rings is 1. The van der Waals surface area contributed by atoms with Gasteiger partial charge in [-0.05, 0) is 48.7 Å². The highest BCUT2D eigenvalue weighted by molar-refractivity contribution is 7.11. The molecule has 0 fully saturated rings. The molecule has 6 nitrogen and oxygen atoms in total. The number of pyridine rings is 1. The molecule has 1 aromatic carbocycles. The minimum atomic E-state index is -0.181. The molecule has 0 saturated carbocycles. The van der Waals surface area contributed by atoms with Gasteiger partial charge in [-0.25, -0.2) is 4.98 Å². The van der Waals surface area contributed by atoms with E-state index in [2.05, 4.69) is 15.3 Å². The van der Waals surface area contributed by atoms with E-state index in [1.54, 1.807) is 54.3 Å². The average molecular weight is 417 g/mol. The van der Waals surface area contributed by atoms with Crippen LogP contribution >= 0.6 is 11.3 Å². The van der Waals surface area contributed by atoms with E-state index in [1.807, 2.05) is 19.1 Å². The Labute approximate surface area is 178 Å². The number of nitrogens with one attached hydrogen (secondary N) is 1. The summed E-state index contributed by atoms with van der Waals surface area (Å²) in [5, 5.41) is 5.57. The van der Waals surface area contributed by atoms with Crippen LogP contribution in [0.1, 0.15) is 39.1 Å². The number of benzene rings is 1. The standard InChI is InChI=1S/C23H20N4O2S/c1-14-3-2-4-19(20(14)22(29)23-26-11-12-30-23)27-16-5-6-18(24)17(13-16)21(28)15-7-9-25-10-8-15/h2,4-14,27H,3,24H2,1H3. The lowest BCUT2D eigenvalue weighted by atomic mass is 9.88. The molecule has 4 rings (SSSR count). The number of ketones is 2. The minimum Gasteiger partial charge on any atom is -0.398 e. The third kappa shape index (κ3) is 3.92. The van der Waals surface area contributed by atoms with Crippen LogP contribution in [0, 0.1) is 5.92 Å². The van der Waals surface area contributed by atoms with Gasteiger partial charge < -0.3 is 11.1 Å². The zero-order chi connectivity index (χ0) is 21.1. The molecule has 2 aromatic heterocycles. The van der Waals surface area contributed by atoms with Crippen molar-refractivity contribution in [1.29, 1.82) is 0 Å². The molecule has 1 atom stereocenters. The number of carbonyl (C=O) groups is 2. The lowest BCUT2D eigenvalue weighted by Gasteiger charge is -2.22. The molecule has 0 bridgehead atoms. The van der Waals surface area contributed by atoms with Crippen LogP contribution in [-0.4, -0.2) is 21.5 Å². The highest BCUT2D eigenvalue weighted by atomic mass is 32.1. The van der Waals surface area contributed by atoms with Crippen molar-refractivity contribution in [2.75, 3.05) is 11.1 Å². The van der Waals surface area contributed by atoms with Crippen LogP contribution in [0.5, 0.6) is 0 Å². The van der Waals surface area contributed by atoms with Crippen molar-refractivity contribution in [2.24, 2.45) is 5.92 Å². The first kappa shape index (κ1) is 19.7. The number of nitrogen functional groups attached to an aromatic ring is 1. The van der Waals surface area contributed by atoms with Crippen molar-refractivity contribution in [3.63, 3.8) is 0 Å². The second-order valence-corrected chi connectivity index (χ2v) is 7.92. The Morgan fingerprint density at radius 1 is 1.13 bits per heavy atom. The topological polar surface area (TPSA) is 98.0 Å². The fourth-order valence-electron chi connectivity index (χ4n) is 3.41. The Balaban J connectivity index is 1.69. The van der Waals surface area contributed by atoms with Crippen LogP contribution in [0.25, 0.3) is 0 Å². The fraction of sp³-hybridized carbons (Fsp3) is 0.130. The lowest BCUT2D eigenvalue weighted by molar-refractivity contribution is 0.101. The predicted molar refractivity (Wildman–Crippen MR) is 119 cm³/mol. The average Bonchev–Trinajstić information content (AvgIpc) is 3.30. The third-order valence-corrected chi connectivity index (χ3v) is 5.72. The van der Waals surface area contributed by atoms with Gasteiger partial charge in [-0.2, -0.15) is 0 Å². The van der Waals surface area contributed by atoms with E-state index < -0.39 is 0 Å². The van der Waals surface area contributed by atoms with Crippen molar-refractivity contribution in [2.45, 2.75) is 13.3 Å². The number of nitrogens with two attached hydrogens (primary N) is 1. The zero-order valence-corrected chi connectivity index (χ0v) is 17.1. The summed E-state index contributed by atoms with van der Waals surface area (Å²) >= 11 is 1.33. The molecule has 1 aliphatic carbocycles. The summed E-state index contributed by atoms with van der Waals surface area (Å²) in [5.74, 6) is -0.201. The number of carbonyl (C=O) groups excluding carboxylic acids is 2. The van der Waals surface area contributed by atoms with Crippen LogP contribution in [0.3, 0.4) is 0 Å². The van der Waals surface area contributed by atoms with Crippen molar-refractivity contribution in [1.82, 2.24) is 9.97 Å². The fourth-order valence-corrected chi connectivity index (χ4v) is 4.00. The van der Waals surface area contributed by atoms with Crippen LogP contribution in [0.15, 0.2) is 77.7 Å². The number of rotatable bonds is 6. The van der Waals surface area contributed by atoms with Gasteiger partial charge >= 0.3 is 0 Å². The van der Waals surface area contributed by atoms with Crippen molar-refractivity contribution in [3.05, 3.63) is 93.9 Å². The maximum absolute atomic E-state index is 13.0. The molecule has 0 radical (unpaired) electrons. The minimum absolute atomic E-state index is 0.0561. The molecule has 0 aliphatic heterocycles. The smallest absolute Gasteiger partial charge is 0.219 e. The maximum Gasteiger partial charge on any atom is 0.219 e. The number of hydrogen-bond acceptors (Lipinski definition) is 7. The van der Waals surface area contributed by atoms with E-state index in [0.29, 0.717) is 38.8 Å². The highest BCUT2D eigenvalue weighted by Crippen LogP contribution is 2.30. The van der Waals surface area contributed by atoms with E-state index in [-0.39, 0.29) is 17.5 Å². The summed E-state index contributed by atoms with van der Waals surface area (Å²) < 4.78 is 0. The Bertz CT molecular complexity index is 1150. The van der Waals surface area contributed by atoms with E-state index >= 15 is 0 Å². The Hall–Kier alpha value is -3.58. The van der Waals surface area contributed by atoms with Crippen LogP contribution < -0.4 is 11.1 Å². The molecule has 0 saturated heterocycles. The molecule has 7 heteroatoms. The van der Waals surface area contributed by atoms with Gasteiger partial charge in [0.2, 0.25) is 5.78 Å². The van der Waals surface area contributed by atoms with Crippen molar-refractivity contribution in [3.8, 4) is 0 Å². The van der Waals surface area contributed by atoms with Crippen molar-refractivity contribution >= 4 is 34.3 Å². The molecule has 1 unspecified atom stereocenters. The van der Waals surface area contributed by atoms with E-state index in [4.69, 9.17) is 5.73 Å². The third-order valence-electron chi connectivity index (χ3n) is 4.95. The monoisotopic (exact) mass is 416 g/mol. The number of anilines is 2. The van der Waals surface area contributed by atoms with Crippen molar-refractivity contribution < 1.29 is 9.59 Å². The highest BCUT2D eigenvalue weighted by Gasteiger charge is 2.26. The summed E-state index contributed by atoms with van der Waals surface area (Å²) in [6.45, 7) is 2.02. The Morgan fingerprint density at radius 3 is 2.67 bits per heavy atom. The molecule has 3 aromatic rings. The maximum atomic E-state index is 13.0. The number of Topliss-reactive ketones (excluding diaryl/α,β-unsaturated/α-hetero) is 1. The molecule has 150 valence electrons. The summed E-state index contributed by atoms with van der Waals surface area (Å²) in [5.41, 5.74) is 9.45. The molecule has 2 heterocycles. The normalized spacial score (nSPS) is 15.8. The number of allylic oxidation sites excluding steroid dienone is 3. The van der Waals surface area contributed by atoms with E-state index in [0.717, 1.165) is 6.42 Å². The first-order valence-electron chi connectivity index (χ1n) is 9.50. The Morgan fingerprint density at radius 2 is 1.93 bits per heavy atom. The van der Waals surface area contributed by atoms with Gasteiger partial charge in [-0.3, -0.25) is 14.6 Å². The molecular weight excluding hydrogens is 396 g/mol. The lowest BCUT2D eigenvalue weighted by Crippen LogP contribution is -2.19. The van der Waals surface area contributed by atoms with Gasteiger partial charge in [0.25, 0.3) is 0 Å². The largest absolute Gasteiger partial charge is 0.398 e. The predicted octanol–water partition coefficient (Wildman–Crippen LogP) is 4.50. The van der Waals surface area contributed by atoms with E-state index in [1.165, 1.54) is 11.3 Å². The van der Waals surface area contributed by atoms with Gasteiger partial charge in [-0.1, -0.05) is 13.0 Å². The van der Waals surface area contributed by atoms with E-state index in [9.17, 15) is 9.59 Å². The van der Waals surface area contributed by atoms with Gasteiger partial charge in [0.1, 0.15) is 0 Å². The quantitative estimate of drug-likeness (QED) is 0.454. The summed E-state index contributed by atoms with van der Waals surface area (Å²) in [4.78, 5) is 34.0. The summed E-state index contributed by atoms with van der Waals surface area (Å²) in [6, 6.07) is 8.51.